The highest BCUT2D eigenvalue weighted by molar-refractivity contribution is 6.31. The van der Waals surface area contributed by atoms with Crippen LogP contribution in [0.2, 0.25) is 0 Å². The van der Waals surface area contributed by atoms with E-state index in [1.165, 1.54) is 0 Å². The molecule has 5 heteroatoms. The lowest BCUT2D eigenvalue weighted by Crippen LogP contribution is -2.32. The van der Waals surface area contributed by atoms with E-state index in [4.69, 9.17) is 5.53 Å². The Kier molecular flexibility index (Phi) is 2.32. The highest BCUT2D eigenvalue weighted by Crippen LogP contribution is 2.73. The van der Waals surface area contributed by atoms with E-state index in [1.54, 1.807) is 11.9 Å². The molecule has 0 unspecified atom stereocenters. The van der Waals surface area contributed by atoms with Crippen LogP contribution in [-0.2, 0) is 15.0 Å². The minimum absolute atomic E-state index is 0.0617. The van der Waals surface area contributed by atoms with Crippen LogP contribution in [0.5, 0.6) is 0 Å². The Morgan fingerprint density at radius 3 is 2.70 bits per heavy atom. The first kappa shape index (κ1) is 12.8. The van der Waals surface area contributed by atoms with Gasteiger partial charge in [-0.25, -0.2) is 0 Å². The number of hydrogen-bond acceptors (Lipinski definition) is 2. The highest BCUT2D eigenvalue weighted by atomic mass is 16.2. The van der Waals surface area contributed by atoms with Gasteiger partial charge < -0.3 is 10.4 Å². The number of nitrogens with zero attached hydrogens (tertiary/aromatic N) is 3. The first-order valence-corrected chi connectivity index (χ1v) is 6.49. The van der Waals surface area contributed by atoms with Gasteiger partial charge in [0.05, 0.1) is 11.3 Å². The summed E-state index contributed by atoms with van der Waals surface area (Å²) in [5.74, 6) is -0.853. The summed E-state index contributed by atoms with van der Waals surface area (Å²) in [6, 6.07) is 7.55. The van der Waals surface area contributed by atoms with Crippen LogP contribution in [0.4, 0.5) is 5.69 Å². The van der Waals surface area contributed by atoms with Crippen LogP contribution in [0, 0.1) is 11.3 Å². The number of ketones is 1. The number of Topliss-reactive ketones (excluding diaryl/α,β-unsaturated/α-hetero) is 1. The first-order chi connectivity index (χ1) is 9.40. The van der Waals surface area contributed by atoms with Crippen LogP contribution in [0.1, 0.15) is 19.4 Å². The summed E-state index contributed by atoms with van der Waals surface area (Å²) < 4.78 is 0. The Morgan fingerprint density at radius 2 is 2.05 bits per heavy atom. The maximum absolute atomic E-state index is 12.7. The molecule has 0 bridgehead atoms. The molecule has 0 saturated heterocycles. The van der Waals surface area contributed by atoms with E-state index < -0.39 is 16.7 Å². The molecule has 1 fully saturated rings. The standard InChI is InChI=1S/C15H15N3O2/c1-14(2)12(11(19)8-17-16)15(14)9-6-4-5-7-10(9)18(3)13(15)20/h4-8,12H,1-3H3/t12-,15+/m1/s1. The molecule has 1 aliphatic carbocycles. The number of amides is 1. The van der Waals surface area contributed by atoms with Gasteiger partial charge in [0.15, 0.2) is 0 Å². The van der Waals surface area contributed by atoms with E-state index in [9.17, 15) is 9.59 Å². The van der Waals surface area contributed by atoms with E-state index in [0.29, 0.717) is 0 Å². The van der Waals surface area contributed by atoms with Crippen molar-refractivity contribution in [3.05, 3.63) is 35.4 Å². The third-order valence-corrected chi connectivity index (χ3v) is 4.89. The first-order valence-electron chi connectivity index (χ1n) is 6.49. The number of carbonyl (C=O) groups excluding carboxylic acids is 2. The quantitative estimate of drug-likeness (QED) is 0.462. The minimum Gasteiger partial charge on any atom is -0.361 e. The van der Waals surface area contributed by atoms with Crippen molar-refractivity contribution in [1.29, 1.82) is 0 Å². The summed E-state index contributed by atoms with van der Waals surface area (Å²) in [7, 11) is 1.73. The van der Waals surface area contributed by atoms with E-state index in [-0.39, 0.29) is 11.7 Å². The van der Waals surface area contributed by atoms with Crippen molar-refractivity contribution in [2.24, 2.45) is 11.3 Å². The smallest absolute Gasteiger partial charge is 0.323 e. The lowest BCUT2D eigenvalue weighted by Gasteiger charge is -2.13. The molecule has 0 N–H and O–H groups in total. The molecule has 1 aromatic carbocycles. The maximum atomic E-state index is 12.7. The van der Waals surface area contributed by atoms with Crippen molar-refractivity contribution in [3.63, 3.8) is 0 Å². The third-order valence-electron chi connectivity index (χ3n) is 4.89. The zero-order valence-corrected chi connectivity index (χ0v) is 11.6. The van der Waals surface area contributed by atoms with E-state index in [2.05, 4.69) is 4.79 Å². The number of carbonyl (C=O) groups is 2. The Labute approximate surface area is 116 Å². The van der Waals surface area contributed by atoms with Crippen LogP contribution in [0.25, 0.3) is 5.53 Å². The van der Waals surface area contributed by atoms with Gasteiger partial charge in [-0.1, -0.05) is 32.0 Å². The molecule has 3 rings (SSSR count). The molecule has 1 aliphatic heterocycles. The number of para-hydroxylation sites is 1. The second-order valence-corrected chi connectivity index (χ2v) is 5.99. The molecule has 1 aromatic rings. The summed E-state index contributed by atoms with van der Waals surface area (Å²) in [4.78, 5) is 29.3. The summed E-state index contributed by atoms with van der Waals surface area (Å²) in [5.41, 5.74) is 9.02. The van der Waals surface area contributed by atoms with Crippen LogP contribution in [0.15, 0.2) is 24.3 Å². The minimum atomic E-state index is -0.823. The van der Waals surface area contributed by atoms with Crippen molar-refractivity contribution in [3.8, 4) is 0 Å². The Hall–Kier alpha value is -2.26. The number of likely N-dealkylation sites (N-methyl/N-ethyl adjacent to an activating group) is 1. The number of hydrogen-bond donors (Lipinski definition) is 0. The Bertz CT molecular complexity index is 688. The fourth-order valence-corrected chi connectivity index (χ4v) is 3.95. The number of rotatable bonds is 2. The summed E-state index contributed by atoms with van der Waals surface area (Å²) in [6.07, 6.45) is 0.898. The highest BCUT2D eigenvalue weighted by Gasteiger charge is 2.81. The number of benzene rings is 1. The van der Waals surface area contributed by atoms with Crippen molar-refractivity contribution in [1.82, 2.24) is 0 Å². The van der Waals surface area contributed by atoms with E-state index >= 15 is 0 Å². The molecule has 1 amide bonds. The Balaban J connectivity index is 2.22. The lowest BCUT2D eigenvalue weighted by atomic mass is 9.89. The molecule has 1 heterocycles. The van der Waals surface area contributed by atoms with Gasteiger partial charge in [0.1, 0.15) is 0 Å². The maximum Gasteiger partial charge on any atom is 0.323 e. The molecule has 20 heavy (non-hydrogen) atoms. The van der Waals surface area contributed by atoms with Crippen molar-refractivity contribution in [2.45, 2.75) is 19.3 Å². The molecule has 0 aromatic heterocycles. The van der Waals surface area contributed by atoms with Gasteiger partial charge in [0, 0.05) is 12.7 Å². The SMILES string of the molecule is CN1C(=O)[C@]2(c3ccccc31)[C@H](C(=O)C=[N+]=[N-])C2(C)C. The van der Waals surface area contributed by atoms with Gasteiger partial charge in [-0.2, -0.15) is 4.79 Å². The molecule has 5 nitrogen and oxygen atoms in total. The van der Waals surface area contributed by atoms with Gasteiger partial charge >= 0.3 is 6.21 Å². The average Bonchev–Trinajstić information content (AvgIpc) is 2.86. The fraction of sp³-hybridized carbons (Fsp3) is 0.400. The topological polar surface area (TPSA) is 73.8 Å². The largest absolute Gasteiger partial charge is 0.361 e. The predicted octanol–water partition coefficient (Wildman–Crippen LogP) is 1.43. The van der Waals surface area contributed by atoms with Crippen LogP contribution in [-0.4, -0.2) is 29.7 Å². The van der Waals surface area contributed by atoms with Crippen LogP contribution < -0.4 is 4.90 Å². The van der Waals surface area contributed by atoms with Gasteiger partial charge in [-0.15, -0.1) is 0 Å². The van der Waals surface area contributed by atoms with E-state index in [1.807, 2.05) is 38.1 Å². The van der Waals surface area contributed by atoms with E-state index in [0.717, 1.165) is 17.5 Å². The monoisotopic (exact) mass is 269 g/mol. The molecule has 0 radical (unpaired) electrons. The van der Waals surface area contributed by atoms with Gasteiger partial charge in [-0.3, -0.25) is 9.59 Å². The number of fused-ring (bicyclic) bond motifs is 2. The van der Waals surface area contributed by atoms with Crippen LogP contribution in [0.3, 0.4) is 0 Å². The molecular formula is C15H15N3O2. The van der Waals surface area contributed by atoms with Crippen molar-refractivity contribution >= 4 is 23.6 Å². The molecular weight excluding hydrogens is 254 g/mol. The van der Waals surface area contributed by atoms with Gasteiger partial charge in [0.25, 0.3) is 0 Å². The molecule has 1 saturated carbocycles. The fourth-order valence-electron chi connectivity index (χ4n) is 3.95. The zero-order valence-electron chi connectivity index (χ0n) is 11.6. The summed E-state index contributed by atoms with van der Waals surface area (Å²) in [6.45, 7) is 3.82. The number of anilines is 1. The summed E-state index contributed by atoms with van der Waals surface area (Å²) in [5, 5.41) is 0. The average molecular weight is 269 g/mol. The zero-order chi connectivity index (χ0) is 14.7. The molecule has 2 atom stereocenters. The van der Waals surface area contributed by atoms with Crippen LogP contribution >= 0.6 is 0 Å². The summed E-state index contributed by atoms with van der Waals surface area (Å²) >= 11 is 0. The second-order valence-electron chi connectivity index (χ2n) is 5.99. The lowest BCUT2D eigenvalue weighted by molar-refractivity contribution is -0.123. The predicted molar refractivity (Wildman–Crippen MR) is 73.5 cm³/mol. The molecule has 1 spiro atoms. The van der Waals surface area contributed by atoms with Gasteiger partial charge in [-0.05, 0) is 17.0 Å². The molecule has 2 aliphatic rings. The third kappa shape index (κ3) is 1.14. The second kappa shape index (κ2) is 3.64. The Morgan fingerprint density at radius 1 is 1.40 bits per heavy atom. The molecule has 102 valence electrons. The van der Waals surface area contributed by atoms with Crippen molar-refractivity contribution in [2.75, 3.05) is 11.9 Å². The van der Waals surface area contributed by atoms with Crippen molar-refractivity contribution < 1.29 is 14.4 Å². The van der Waals surface area contributed by atoms with Gasteiger partial charge in [0.2, 0.25) is 11.7 Å². The normalized spacial score (nSPS) is 29.1.